The van der Waals surface area contributed by atoms with Crippen molar-refractivity contribution >= 4 is 63.5 Å². The molecule has 0 radical (unpaired) electrons. The zero-order valence-electron chi connectivity index (χ0n) is 22.3. The molecule has 198 valence electrons. The summed E-state index contributed by atoms with van der Waals surface area (Å²) in [7, 11) is 0. The second kappa shape index (κ2) is 11.5. The van der Waals surface area contributed by atoms with E-state index in [9.17, 15) is 4.79 Å². The molecule has 1 amide bonds. The second-order valence-electron chi connectivity index (χ2n) is 9.44. The van der Waals surface area contributed by atoms with Gasteiger partial charge in [-0.25, -0.2) is 4.99 Å². The highest BCUT2D eigenvalue weighted by Gasteiger charge is 2.35. The fourth-order valence-corrected chi connectivity index (χ4v) is 6.17. The summed E-state index contributed by atoms with van der Waals surface area (Å²) in [4.78, 5) is 21.1. The number of hydrogen-bond donors (Lipinski definition) is 0. The number of aliphatic imine (C=N–C) groups is 1. The maximum atomic E-state index is 13.8. The van der Waals surface area contributed by atoms with Gasteiger partial charge in [-0.15, -0.1) is 0 Å². The van der Waals surface area contributed by atoms with E-state index in [1.165, 1.54) is 22.9 Å². The average molecular weight is 575 g/mol. The first-order chi connectivity index (χ1) is 18.8. The number of hydrogen-bond acceptors (Lipinski definition) is 3. The van der Waals surface area contributed by atoms with E-state index >= 15 is 0 Å². The molecule has 3 aromatic carbocycles. The van der Waals surface area contributed by atoms with Crippen molar-refractivity contribution < 1.29 is 4.79 Å². The molecule has 7 heteroatoms. The molecule has 1 saturated heterocycles. The lowest BCUT2D eigenvalue weighted by Gasteiger charge is -2.16. The number of nitrogens with zero attached hydrogens (tertiary/aromatic N) is 3. The summed E-state index contributed by atoms with van der Waals surface area (Å²) in [5, 5.41) is 1.79. The van der Waals surface area contributed by atoms with E-state index in [1.807, 2.05) is 56.3 Å². The van der Waals surface area contributed by atoms with Crippen LogP contribution in [-0.2, 0) is 17.6 Å². The number of benzene rings is 3. The first-order valence-electron chi connectivity index (χ1n) is 12.9. The number of halogens is 2. The molecule has 0 atom stereocenters. The van der Waals surface area contributed by atoms with Crippen molar-refractivity contribution in [1.82, 2.24) is 4.57 Å². The lowest BCUT2D eigenvalue weighted by Crippen LogP contribution is -2.28. The molecule has 0 aliphatic carbocycles. The van der Waals surface area contributed by atoms with Crippen molar-refractivity contribution in [2.75, 3.05) is 4.90 Å². The largest absolute Gasteiger partial charge is 0.316 e. The predicted octanol–water partition coefficient (Wildman–Crippen LogP) is 9.33. The van der Waals surface area contributed by atoms with Gasteiger partial charge in [0.15, 0.2) is 5.17 Å². The lowest BCUT2D eigenvalue weighted by molar-refractivity contribution is -0.113. The maximum absolute atomic E-state index is 13.8. The van der Waals surface area contributed by atoms with Crippen molar-refractivity contribution in [3.05, 3.63) is 116 Å². The minimum atomic E-state index is -0.0949. The Hall–Kier alpha value is -3.25. The molecule has 39 heavy (non-hydrogen) atoms. The molecule has 0 saturated carbocycles. The van der Waals surface area contributed by atoms with Gasteiger partial charge in [-0.2, -0.15) is 0 Å². The van der Waals surface area contributed by atoms with Crippen LogP contribution in [0.2, 0.25) is 10.0 Å². The number of aryl methyl sites for hydroxylation is 3. The zero-order chi connectivity index (χ0) is 27.7. The van der Waals surface area contributed by atoms with Crippen LogP contribution in [-0.4, -0.2) is 15.6 Å². The molecule has 4 aromatic rings. The Morgan fingerprint density at radius 2 is 1.51 bits per heavy atom. The van der Waals surface area contributed by atoms with Crippen LogP contribution in [0, 0.1) is 13.8 Å². The van der Waals surface area contributed by atoms with E-state index < -0.39 is 0 Å². The van der Waals surface area contributed by atoms with Crippen molar-refractivity contribution in [1.29, 1.82) is 0 Å². The van der Waals surface area contributed by atoms with Crippen molar-refractivity contribution in [3.63, 3.8) is 0 Å². The highest BCUT2D eigenvalue weighted by Crippen LogP contribution is 2.38. The van der Waals surface area contributed by atoms with Crippen LogP contribution in [0.25, 0.3) is 11.8 Å². The van der Waals surface area contributed by atoms with E-state index in [0.717, 1.165) is 46.9 Å². The third kappa shape index (κ3) is 5.58. The first-order valence-corrected chi connectivity index (χ1v) is 14.5. The number of amidine groups is 1. The summed E-state index contributed by atoms with van der Waals surface area (Å²) in [6.45, 7) is 8.30. The van der Waals surface area contributed by atoms with Gasteiger partial charge in [0.05, 0.1) is 27.0 Å². The predicted molar refractivity (Wildman–Crippen MR) is 167 cm³/mol. The molecule has 1 aliphatic heterocycles. The second-order valence-corrected chi connectivity index (χ2v) is 11.3. The molecule has 1 aliphatic rings. The highest BCUT2D eigenvalue weighted by atomic mass is 35.5. The SMILES string of the molecule is CCc1ccc(N=C2S/C(=C\c3cc(C)n(-c4ccc(Cl)cc4Cl)c3C)C(=O)N2c2ccc(CC)cc2)cc1. The van der Waals surface area contributed by atoms with Gasteiger partial charge in [0, 0.05) is 16.4 Å². The van der Waals surface area contributed by atoms with Gasteiger partial charge in [0.2, 0.25) is 0 Å². The summed E-state index contributed by atoms with van der Waals surface area (Å²) in [6, 6.07) is 23.8. The van der Waals surface area contributed by atoms with Gasteiger partial charge in [0.1, 0.15) is 0 Å². The molecule has 0 bridgehead atoms. The Labute approximate surface area is 244 Å². The van der Waals surface area contributed by atoms with Gasteiger partial charge in [-0.3, -0.25) is 9.69 Å². The fraction of sp³-hybridized carbons (Fsp3) is 0.188. The molecule has 1 fully saturated rings. The van der Waals surface area contributed by atoms with Gasteiger partial charge < -0.3 is 4.57 Å². The molecule has 1 aromatic heterocycles. The Balaban J connectivity index is 1.56. The third-order valence-corrected chi connectivity index (χ3v) is 8.39. The lowest BCUT2D eigenvalue weighted by atomic mass is 10.1. The van der Waals surface area contributed by atoms with Gasteiger partial charge >= 0.3 is 0 Å². The fourth-order valence-electron chi connectivity index (χ4n) is 4.68. The van der Waals surface area contributed by atoms with E-state index in [4.69, 9.17) is 28.2 Å². The minimum absolute atomic E-state index is 0.0949. The van der Waals surface area contributed by atoms with E-state index in [1.54, 1.807) is 11.0 Å². The van der Waals surface area contributed by atoms with E-state index in [2.05, 4.69) is 48.7 Å². The maximum Gasteiger partial charge on any atom is 0.271 e. The van der Waals surface area contributed by atoms with Gasteiger partial charge in [0.25, 0.3) is 5.91 Å². The Morgan fingerprint density at radius 1 is 0.872 bits per heavy atom. The summed E-state index contributed by atoms with van der Waals surface area (Å²) >= 11 is 14.1. The summed E-state index contributed by atoms with van der Waals surface area (Å²) < 4.78 is 2.08. The number of amides is 1. The summed E-state index contributed by atoms with van der Waals surface area (Å²) in [5.41, 5.74) is 7.87. The van der Waals surface area contributed by atoms with Crippen molar-refractivity contribution in [3.8, 4) is 5.69 Å². The number of carbonyl (C=O) groups excluding carboxylic acids is 1. The topological polar surface area (TPSA) is 37.6 Å². The first kappa shape index (κ1) is 27.3. The number of rotatable bonds is 6. The minimum Gasteiger partial charge on any atom is -0.316 e. The molecule has 0 spiro atoms. The zero-order valence-corrected chi connectivity index (χ0v) is 24.7. The van der Waals surface area contributed by atoms with Crippen LogP contribution in [0.4, 0.5) is 11.4 Å². The number of carbonyl (C=O) groups is 1. The van der Waals surface area contributed by atoms with Crippen LogP contribution in [0.5, 0.6) is 0 Å². The Morgan fingerprint density at radius 3 is 2.13 bits per heavy atom. The monoisotopic (exact) mass is 573 g/mol. The van der Waals surface area contributed by atoms with Crippen LogP contribution >= 0.6 is 35.0 Å². The molecule has 4 nitrogen and oxygen atoms in total. The molecule has 0 unspecified atom stereocenters. The van der Waals surface area contributed by atoms with Crippen molar-refractivity contribution in [2.45, 2.75) is 40.5 Å². The van der Waals surface area contributed by atoms with Crippen LogP contribution in [0.1, 0.15) is 41.9 Å². The number of thioether (sulfide) groups is 1. The molecule has 5 rings (SSSR count). The Kier molecular flexibility index (Phi) is 8.03. The Bertz CT molecular complexity index is 1600. The van der Waals surface area contributed by atoms with Crippen molar-refractivity contribution in [2.24, 2.45) is 4.99 Å². The van der Waals surface area contributed by atoms with E-state index in [-0.39, 0.29) is 5.91 Å². The van der Waals surface area contributed by atoms with E-state index in [0.29, 0.717) is 20.1 Å². The summed E-state index contributed by atoms with van der Waals surface area (Å²) in [5.74, 6) is -0.0949. The highest BCUT2D eigenvalue weighted by molar-refractivity contribution is 8.19. The van der Waals surface area contributed by atoms with Gasteiger partial charge in [-0.05, 0) is 110 Å². The van der Waals surface area contributed by atoms with Gasteiger partial charge in [-0.1, -0.05) is 61.3 Å². The smallest absolute Gasteiger partial charge is 0.271 e. The molecular weight excluding hydrogens is 545 g/mol. The van der Waals surface area contributed by atoms with Crippen LogP contribution < -0.4 is 4.90 Å². The van der Waals surface area contributed by atoms with Crippen LogP contribution in [0.15, 0.2) is 82.7 Å². The summed E-state index contributed by atoms with van der Waals surface area (Å²) in [6.07, 6.45) is 3.85. The molecule has 2 heterocycles. The quantitative estimate of drug-likeness (QED) is 0.215. The molecule has 0 N–H and O–H groups in total. The number of aromatic nitrogens is 1. The average Bonchev–Trinajstić information content (AvgIpc) is 3.38. The molecular formula is C32H29Cl2N3OS. The standard InChI is InChI=1S/C32H29Cl2N3OS/c1-5-22-7-12-26(13-8-22)35-32-37(27-14-9-23(6-2)10-15-27)31(38)30(39-32)18-24-17-20(3)36(21(24)4)29-16-11-25(33)19-28(29)34/h7-19H,5-6H2,1-4H3/b30-18-,35-32?. The van der Waals surface area contributed by atoms with Crippen LogP contribution in [0.3, 0.4) is 0 Å². The number of anilines is 1. The normalized spacial score (nSPS) is 15.6. The third-order valence-electron chi connectivity index (χ3n) is 6.89.